The number of carbonyl (C=O) groups is 2. The van der Waals surface area contributed by atoms with E-state index in [1.165, 1.54) is 17.3 Å². The van der Waals surface area contributed by atoms with Gasteiger partial charge < -0.3 is 10.2 Å². The second-order valence-corrected chi connectivity index (χ2v) is 8.70. The van der Waals surface area contributed by atoms with Crippen LogP contribution in [0.2, 0.25) is 5.02 Å². The lowest BCUT2D eigenvalue weighted by Crippen LogP contribution is -2.49. The van der Waals surface area contributed by atoms with Crippen LogP contribution in [0.4, 0.5) is 0 Å². The maximum atomic E-state index is 13.2. The molecular formula is C24H31ClN2O2S. The lowest BCUT2D eigenvalue weighted by atomic mass is 10.1. The summed E-state index contributed by atoms with van der Waals surface area (Å²) in [6.45, 7) is 7.03. The van der Waals surface area contributed by atoms with Crippen molar-refractivity contribution in [1.29, 1.82) is 0 Å². The number of aryl methyl sites for hydroxylation is 1. The molecule has 0 aliphatic rings. The summed E-state index contributed by atoms with van der Waals surface area (Å²) < 4.78 is 0. The van der Waals surface area contributed by atoms with Crippen LogP contribution in [-0.4, -0.2) is 35.1 Å². The molecule has 2 amide bonds. The first-order chi connectivity index (χ1) is 14.5. The summed E-state index contributed by atoms with van der Waals surface area (Å²) in [6.07, 6.45) is 1.43. The van der Waals surface area contributed by atoms with Crippen LogP contribution in [0.1, 0.15) is 43.4 Å². The molecule has 2 aromatic rings. The van der Waals surface area contributed by atoms with E-state index in [-0.39, 0.29) is 11.8 Å². The molecule has 0 bridgehead atoms. The Balaban J connectivity index is 2.11. The summed E-state index contributed by atoms with van der Waals surface area (Å²) in [5.41, 5.74) is 3.20. The summed E-state index contributed by atoms with van der Waals surface area (Å²) in [5, 5.41) is 3.65. The summed E-state index contributed by atoms with van der Waals surface area (Å²) in [5.74, 6) is 0.832. The maximum Gasteiger partial charge on any atom is 0.242 e. The number of amides is 2. The fourth-order valence-corrected chi connectivity index (χ4v) is 4.32. The molecular weight excluding hydrogens is 416 g/mol. The molecule has 1 atom stereocenters. The molecule has 162 valence electrons. The number of nitrogens with zero attached hydrogens (tertiary/aromatic N) is 1. The predicted molar refractivity (Wildman–Crippen MR) is 127 cm³/mol. The van der Waals surface area contributed by atoms with E-state index in [0.717, 1.165) is 17.5 Å². The van der Waals surface area contributed by atoms with Crippen LogP contribution in [0.3, 0.4) is 0 Å². The highest BCUT2D eigenvalue weighted by Crippen LogP contribution is 2.22. The SMILES string of the molecule is CCCNC(=O)[C@H](CC)N(Cc1ccc(C)cc1)C(=O)CSCc1ccccc1Cl. The number of nitrogens with one attached hydrogen (secondary N) is 1. The Morgan fingerprint density at radius 1 is 1.10 bits per heavy atom. The first-order valence-corrected chi connectivity index (χ1v) is 11.9. The number of thioether (sulfide) groups is 1. The summed E-state index contributed by atoms with van der Waals surface area (Å²) in [7, 11) is 0. The quantitative estimate of drug-likeness (QED) is 0.515. The number of rotatable bonds is 11. The Labute approximate surface area is 189 Å². The van der Waals surface area contributed by atoms with Crippen LogP contribution in [0.5, 0.6) is 0 Å². The Kier molecular flexibility index (Phi) is 10.2. The number of hydrogen-bond acceptors (Lipinski definition) is 3. The standard InChI is InChI=1S/C24H31ClN2O2S/c1-4-14-26-24(29)22(5-2)27(15-19-12-10-18(3)11-13-19)23(28)17-30-16-20-8-6-7-9-21(20)25/h6-13,22H,4-5,14-17H2,1-3H3,(H,26,29)/t22-/m0/s1. The van der Waals surface area contributed by atoms with E-state index >= 15 is 0 Å². The van der Waals surface area contributed by atoms with Gasteiger partial charge in [-0.2, -0.15) is 0 Å². The normalized spacial score (nSPS) is 11.7. The monoisotopic (exact) mass is 446 g/mol. The highest BCUT2D eigenvalue weighted by atomic mass is 35.5. The summed E-state index contributed by atoms with van der Waals surface area (Å²) in [4.78, 5) is 27.6. The highest BCUT2D eigenvalue weighted by molar-refractivity contribution is 7.99. The minimum atomic E-state index is -0.480. The van der Waals surface area contributed by atoms with Gasteiger partial charge in [0.15, 0.2) is 0 Å². The van der Waals surface area contributed by atoms with Crippen LogP contribution in [0.15, 0.2) is 48.5 Å². The van der Waals surface area contributed by atoms with Crippen molar-refractivity contribution < 1.29 is 9.59 Å². The zero-order valence-corrected chi connectivity index (χ0v) is 19.6. The molecule has 4 nitrogen and oxygen atoms in total. The van der Waals surface area contributed by atoms with Gasteiger partial charge in [0.05, 0.1) is 5.75 Å². The van der Waals surface area contributed by atoms with Crippen LogP contribution >= 0.6 is 23.4 Å². The zero-order valence-electron chi connectivity index (χ0n) is 18.0. The number of halogens is 1. The average Bonchev–Trinajstić information content (AvgIpc) is 2.74. The zero-order chi connectivity index (χ0) is 21.9. The lowest BCUT2D eigenvalue weighted by Gasteiger charge is -2.30. The number of carbonyl (C=O) groups excluding carboxylic acids is 2. The van der Waals surface area contributed by atoms with Gasteiger partial charge in [-0.3, -0.25) is 9.59 Å². The largest absolute Gasteiger partial charge is 0.354 e. The van der Waals surface area contributed by atoms with Crippen molar-refractivity contribution in [1.82, 2.24) is 10.2 Å². The Hall–Kier alpha value is -1.98. The van der Waals surface area contributed by atoms with Crippen molar-refractivity contribution in [3.8, 4) is 0 Å². The Bertz CT molecular complexity index is 826. The van der Waals surface area contributed by atoms with Crippen LogP contribution in [0, 0.1) is 6.92 Å². The molecule has 0 radical (unpaired) electrons. The molecule has 0 aliphatic carbocycles. The fourth-order valence-electron chi connectivity index (χ4n) is 3.12. The summed E-state index contributed by atoms with van der Waals surface area (Å²) in [6, 6.07) is 15.3. The molecule has 0 aromatic heterocycles. The van der Waals surface area contributed by atoms with Crippen molar-refractivity contribution in [2.24, 2.45) is 0 Å². The maximum absolute atomic E-state index is 13.2. The molecule has 2 rings (SSSR count). The molecule has 0 unspecified atom stereocenters. The van der Waals surface area contributed by atoms with Crippen molar-refractivity contribution in [3.63, 3.8) is 0 Å². The van der Waals surface area contributed by atoms with Crippen molar-refractivity contribution in [2.75, 3.05) is 12.3 Å². The summed E-state index contributed by atoms with van der Waals surface area (Å²) >= 11 is 7.74. The number of hydrogen-bond donors (Lipinski definition) is 1. The van der Waals surface area contributed by atoms with Gasteiger partial charge in [0.25, 0.3) is 0 Å². The van der Waals surface area contributed by atoms with E-state index < -0.39 is 6.04 Å². The topological polar surface area (TPSA) is 49.4 Å². The van der Waals surface area contributed by atoms with E-state index in [2.05, 4.69) is 5.32 Å². The first kappa shape index (κ1) is 24.3. The smallest absolute Gasteiger partial charge is 0.242 e. The third kappa shape index (κ3) is 7.37. The van der Waals surface area contributed by atoms with Gasteiger partial charge in [-0.1, -0.05) is 73.5 Å². The van der Waals surface area contributed by atoms with Crippen LogP contribution in [-0.2, 0) is 21.9 Å². The van der Waals surface area contributed by atoms with Crippen molar-refractivity contribution >= 4 is 35.2 Å². The minimum Gasteiger partial charge on any atom is -0.354 e. The van der Waals surface area contributed by atoms with Crippen molar-refractivity contribution in [3.05, 3.63) is 70.2 Å². The van der Waals surface area contributed by atoms with E-state index in [1.807, 2.05) is 69.3 Å². The van der Waals surface area contributed by atoms with E-state index in [1.54, 1.807) is 4.90 Å². The fraction of sp³-hybridized carbons (Fsp3) is 0.417. The molecule has 0 heterocycles. The third-order valence-electron chi connectivity index (χ3n) is 4.85. The molecule has 0 saturated carbocycles. The first-order valence-electron chi connectivity index (χ1n) is 10.4. The molecule has 1 N–H and O–H groups in total. The van der Waals surface area contributed by atoms with Gasteiger partial charge in [0.1, 0.15) is 6.04 Å². The molecule has 2 aromatic carbocycles. The second kappa shape index (κ2) is 12.7. The number of benzene rings is 2. The highest BCUT2D eigenvalue weighted by Gasteiger charge is 2.28. The van der Waals surface area contributed by atoms with Crippen LogP contribution in [0.25, 0.3) is 0 Å². The van der Waals surface area contributed by atoms with Crippen LogP contribution < -0.4 is 5.32 Å². The molecule has 0 saturated heterocycles. The average molecular weight is 447 g/mol. The van der Waals surface area contributed by atoms with Crippen molar-refractivity contribution in [2.45, 2.75) is 52.0 Å². The predicted octanol–water partition coefficient (Wildman–Crippen LogP) is 5.22. The molecule has 0 fully saturated rings. The van der Waals surface area contributed by atoms with E-state index in [9.17, 15) is 9.59 Å². The van der Waals surface area contributed by atoms with E-state index in [4.69, 9.17) is 11.6 Å². The third-order valence-corrected chi connectivity index (χ3v) is 6.18. The van der Waals surface area contributed by atoms with Gasteiger partial charge in [-0.25, -0.2) is 0 Å². The van der Waals surface area contributed by atoms with Gasteiger partial charge in [-0.15, -0.1) is 11.8 Å². The van der Waals surface area contributed by atoms with Gasteiger partial charge in [0.2, 0.25) is 11.8 Å². The lowest BCUT2D eigenvalue weighted by molar-refractivity contribution is -0.139. The molecule has 0 spiro atoms. The molecule has 6 heteroatoms. The minimum absolute atomic E-state index is 0.0360. The molecule has 30 heavy (non-hydrogen) atoms. The Morgan fingerprint density at radius 2 is 1.80 bits per heavy atom. The van der Waals surface area contributed by atoms with Gasteiger partial charge >= 0.3 is 0 Å². The van der Waals surface area contributed by atoms with E-state index in [0.29, 0.717) is 36.0 Å². The van der Waals surface area contributed by atoms with Gasteiger partial charge in [-0.05, 0) is 37.0 Å². The molecule has 0 aliphatic heterocycles. The van der Waals surface area contributed by atoms with Gasteiger partial charge in [0, 0.05) is 23.9 Å². The Morgan fingerprint density at radius 3 is 2.43 bits per heavy atom. The second-order valence-electron chi connectivity index (χ2n) is 7.31.